The van der Waals surface area contributed by atoms with E-state index in [0.29, 0.717) is 17.6 Å². The molecule has 1 rings (SSSR count). The number of rotatable bonds is 3. The maximum atomic E-state index is 11.8. The summed E-state index contributed by atoms with van der Waals surface area (Å²) in [6.07, 6.45) is 0.748. The van der Waals surface area contributed by atoms with Crippen molar-refractivity contribution in [2.75, 3.05) is 0 Å². The van der Waals surface area contributed by atoms with Gasteiger partial charge in [-0.1, -0.05) is 41.5 Å². The minimum atomic E-state index is 0.221. The minimum absolute atomic E-state index is 0.221. The molecule has 0 atom stereocenters. The smallest absolute Gasteiger partial charge is 0.137 e. The van der Waals surface area contributed by atoms with Crippen LogP contribution in [-0.2, 0) is 4.79 Å². The Morgan fingerprint density at radius 2 is 1.54 bits per heavy atom. The first kappa shape index (κ1) is 10.7. The van der Waals surface area contributed by atoms with Crippen molar-refractivity contribution < 1.29 is 4.79 Å². The molecule has 0 saturated heterocycles. The van der Waals surface area contributed by atoms with Gasteiger partial charge in [-0.05, 0) is 16.7 Å². The van der Waals surface area contributed by atoms with E-state index >= 15 is 0 Å². The van der Waals surface area contributed by atoms with Crippen molar-refractivity contribution in [1.29, 1.82) is 0 Å². The Balaban J connectivity index is 2.63. The Bertz CT molecular complexity index is 209. The zero-order valence-electron chi connectivity index (χ0n) is 9.77. The van der Waals surface area contributed by atoms with Crippen molar-refractivity contribution in [3.63, 3.8) is 0 Å². The SMILES string of the molecule is CC(C)CC(=O)C1C(C)(C)C1(C)C. The number of ketones is 1. The predicted molar refractivity (Wildman–Crippen MR) is 55.5 cm³/mol. The van der Waals surface area contributed by atoms with Crippen molar-refractivity contribution in [2.45, 2.75) is 48.0 Å². The van der Waals surface area contributed by atoms with Crippen molar-refractivity contribution in [1.82, 2.24) is 0 Å². The summed E-state index contributed by atoms with van der Waals surface area (Å²) < 4.78 is 0. The fraction of sp³-hybridized carbons (Fsp3) is 0.917. The van der Waals surface area contributed by atoms with Crippen LogP contribution >= 0.6 is 0 Å². The number of carbonyl (C=O) groups is 1. The lowest BCUT2D eigenvalue weighted by Gasteiger charge is -2.04. The van der Waals surface area contributed by atoms with E-state index in [1.54, 1.807) is 0 Å². The summed E-state index contributed by atoms with van der Waals surface area (Å²) in [4.78, 5) is 11.8. The number of carbonyl (C=O) groups excluding carboxylic acids is 1. The summed E-state index contributed by atoms with van der Waals surface area (Å²) in [6.45, 7) is 13.0. The lowest BCUT2D eigenvalue weighted by molar-refractivity contribution is -0.122. The van der Waals surface area contributed by atoms with Crippen LogP contribution in [0, 0.1) is 22.7 Å². The largest absolute Gasteiger partial charge is 0.299 e. The van der Waals surface area contributed by atoms with E-state index in [4.69, 9.17) is 0 Å². The Labute approximate surface area is 81.9 Å². The first-order chi connectivity index (χ1) is 5.71. The summed E-state index contributed by atoms with van der Waals surface area (Å²) in [5, 5.41) is 0. The molecule has 0 aliphatic heterocycles. The van der Waals surface area contributed by atoms with Gasteiger partial charge >= 0.3 is 0 Å². The van der Waals surface area contributed by atoms with Crippen LogP contribution in [0.4, 0.5) is 0 Å². The predicted octanol–water partition coefficient (Wildman–Crippen LogP) is 3.28. The molecule has 1 aliphatic rings. The van der Waals surface area contributed by atoms with Gasteiger partial charge in [0.15, 0.2) is 0 Å². The molecule has 1 heteroatoms. The molecular weight excluding hydrogens is 160 g/mol. The van der Waals surface area contributed by atoms with Gasteiger partial charge in [-0.15, -0.1) is 0 Å². The van der Waals surface area contributed by atoms with E-state index in [-0.39, 0.29) is 10.8 Å². The van der Waals surface area contributed by atoms with Crippen molar-refractivity contribution in [2.24, 2.45) is 22.7 Å². The standard InChI is InChI=1S/C12H22O/c1-8(2)7-9(13)10-11(3,4)12(10,5)6/h8,10H,7H2,1-6H3. The summed E-state index contributed by atoms with van der Waals surface area (Å²) in [5.74, 6) is 1.26. The van der Waals surface area contributed by atoms with E-state index in [0.717, 1.165) is 6.42 Å². The quantitative estimate of drug-likeness (QED) is 0.654. The van der Waals surface area contributed by atoms with Gasteiger partial charge in [0.1, 0.15) is 5.78 Å². The molecule has 0 aromatic rings. The molecule has 1 aliphatic carbocycles. The van der Waals surface area contributed by atoms with Gasteiger partial charge in [0, 0.05) is 12.3 Å². The normalized spacial score (nSPS) is 24.8. The second kappa shape index (κ2) is 2.83. The molecule has 0 aromatic heterocycles. The van der Waals surface area contributed by atoms with E-state index in [1.165, 1.54) is 0 Å². The van der Waals surface area contributed by atoms with Crippen molar-refractivity contribution in [3.8, 4) is 0 Å². The molecule has 0 unspecified atom stereocenters. The van der Waals surface area contributed by atoms with Crippen molar-refractivity contribution in [3.05, 3.63) is 0 Å². The van der Waals surface area contributed by atoms with Crippen LogP contribution in [-0.4, -0.2) is 5.78 Å². The molecular formula is C12H22O. The van der Waals surface area contributed by atoms with Crippen LogP contribution in [0.15, 0.2) is 0 Å². The number of hydrogen-bond donors (Lipinski definition) is 0. The van der Waals surface area contributed by atoms with Gasteiger partial charge in [-0.25, -0.2) is 0 Å². The molecule has 1 saturated carbocycles. The Morgan fingerprint density at radius 1 is 1.15 bits per heavy atom. The third kappa shape index (κ3) is 1.53. The van der Waals surface area contributed by atoms with Crippen LogP contribution in [0.2, 0.25) is 0 Å². The molecule has 1 fully saturated rings. The fourth-order valence-corrected chi connectivity index (χ4v) is 2.52. The Hall–Kier alpha value is -0.330. The second-order valence-electron chi connectivity index (χ2n) is 5.94. The summed E-state index contributed by atoms with van der Waals surface area (Å²) in [5.41, 5.74) is 0.442. The maximum Gasteiger partial charge on any atom is 0.137 e. The van der Waals surface area contributed by atoms with Crippen LogP contribution in [0.1, 0.15) is 48.0 Å². The molecule has 76 valence electrons. The van der Waals surface area contributed by atoms with E-state index in [9.17, 15) is 4.79 Å². The monoisotopic (exact) mass is 182 g/mol. The van der Waals surface area contributed by atoms with Gasteiger partial charge < -0.3 is 0 Å². The molecule has 0 amide bonds. The van der Waals surface area contributed by atoms with Gasteiger partial charge in [0.25, 0.3) is 0 Å². The van der Waals surface area contributed by atoms with Gasteiger partial charge in [0.05, 0.1) is 0 Å². The van der Waals surface area contributed by atoms with E-state index in [1.807, 2.05) is 0 Å². The Morgan fingerprint density at radius 3 is 1.77 bits per heavy atom. The van der Waals surface area contributed by atoms with Crippen LogP contribution < -0.4 is 0 Å². The first-order valence-electron chi connectivity index (χ1n) is 5.24. The van der Waals surface area contributed by atoms with Crippen molar-refractivity contribution >= 4 is 5.78 Å². The second-order valence-corrected chi connectivity index (χ2v) is 5.94. The average molecular weight is 182 g/mol. The molecule has 0 aromatic carbocycles. The molecule has 0 bridgehead atoms. The molecule has 0 spiro atoms. The highest BCUT2D eigenvalue weighted by molar-refractivity contribution is 5.86. The molecule has 0 heterocycles. The summed E-state index contributed by atoms with van der Waals surface area (Å²) in [7, 11) is 0. The lowest BCUT2D eigenvalue weighted by Crippen LogP contribution is -2.09. The van der Waals surface area contributed by atoms with Gasteiger partial charge in [0.2, 0.25) is 0 Å². The first-order valence-corrected chi connectivity index (χ1v) is 5.24. The van der Waals surface area contributed by atoms with E-state index < -0.39 is 0 Å². The molecule has 13 heavy (non-hydrogen) atoms. The highest BCUT2D eigenvalue weighted by atomic mass is 16.1. The summed E-state index contributed by atoms with van der Waals surface area (Å²) >= 11 is 0. The lowest BCUT2D eigenvalue weighted by atomic mass is 10.00. The minimum Gasteiger partial charge on any atom is -0.299 e. The van der Waals surface area contributed by atoms with Crippen LogP contribution in [0.5, 0.6) is 0 Å². The molecule has 1 nitrogen and oxygen atoms in total. The third-order valence-corrected chi connectivity index (χ3v) is 3.95. The third-order valence-electron chi connectivity index (χ3n) is 3.95. The van der Waals surface area contributed by atoms with E-state index in [2.05, 4.69) is 41.5 Å². The fourth-order valence-electron chi connectivity index (χ4n) is 2.52. The zero-order chi connectivity index (χ0) is 10.4. The maximum absolute atomic E-state index is 11.8. The Kier molecular flexibility index (Phi) is 2.34. The topological polar surface area (TPSA) is 17.1 Å². The zero-order valence-corrected chi connectivity index (χ0v) is 9.77. The average Bonchev–Trinajstić information content (AvgIpc) is 2.20. The summed E-state index contributed by atoms with van der Waals surface area (Å²) in [6, 6.07) is 0. The number of Topliss-reactive ketones (excluding diaryl/α,β-unsaturated/α-hetero) is 1. The van der Waals surface area contributed by atoms with Gasteiger partial charge in [-0.3, -0.25) is 4.79 Å². The van der Waals surface area contributed by atoms with Crippen LogP contribution in [0.25, 0.3) is 0 Å². The molecule has 0 N–H and O–H groups in total. The highest BCUT2D eigenvalue weighted by Crippen LogP contribution is 2.68. The van der Waals surface area contributed by atoms with Crippen LogP contribution in [0.3, 0.4) is 0 Å². The molecule has 0 radical (unpaired) electrons. The highest BCUT2D eigenvalue weighted by Gasteiger charge is 2.67. The number of hydrogen-bond acceptors (Lipinski definition) is 1. The van der Waals surface area contributed by atoms with Gasteiger partial charge in [-0.2, -0.15) is 0 Å².